The van der Waals surface area contributed by atoms with Crippen LogP contribution < -0.4 is 10.6 Å². The Kier molecular flexibility index (Phi) is 6.99. The number of anilines is 2. The first kappa shape index (κ1) is 20.5. The number of nitrogens with one attached hydrogen (secondary N) is 2. The molecule has 5 heteroatoms. The summed E-state index contributed by atoms with van der Waals surface area (Å²) in [6.07, 6.45) is 0.370. The molecule has 0 radical (unpaired) electrons. The highest BCUT2D eigenvalue weighted by Crippen LogP contribution is 2.24. The zero-order valence-electron chi connectivity index (χ0n) is 16.7. The Morgan fingerprint density at radius 1 is 0.963 bits per heavy atom. The van der Waals surface area contributed by atoms with Crippen LogP contribution in [0.15, 0.2) is 48.5 Å². The second-order valence-corrected chi connectivity index (χ2v) is 7.26. The van der Waals surface area contributed by atoms with Crippen LogP contribution in [0.1, 0.15) is 37.8 Å². The van der Waals surface area contributed by atoms with Crippen molar-refractivity contribution < 1.29 is 9.59 Å². The molecular weight excluding hydrogens is 338 g/mol. The lowest BCUT2D eigenvalue weighted by atomic mass is 10.0. The first-order valence-electron chi connectivity index (χ1n) is 9.23. The minimum absolute atomic E-state index is 0.0623. The van der Waals surface area contributed by atoms with E-state index in [1.807, 2.05) is 55.5 Å². The maximum atomic E-state index is 12.6. The Morgan fingerprint density at radius 3 is 2.19 bits per heavy atom. The summed E-state index contributed by atoms with van der Waals surface area (Å²) < 4.78 is 0. The molecule has 2 rings (SSSR count). The zero-order chi connectivity index (χ0) is 20.0. The summed E-state index contributed by atoms with van der Waals surface area (Å²) in [6.45, 7) is 6.04. The molecule has 5 nitrogen and oxygen atoms in total. The molecule has 0 bridgehead atoms. The largest absolute Gasteiger partial charge is 0.374 e. The number of carbonyl (C=O) groups excluding carboxylic acids is 2. The van der Waals surface area contributed by atoms with Crippen molar-refractivity contribution in [1.29, 1.82) is 0 Å². The second kappa shape index (κ2) is 9.21. The monoisotopic (exact) mass is 367 g/mol. The van der Waals surface area contributed by atoms with Crippen LogP contribution in [0.3, 0.4) is 0 Å². The van der Waals surface area contributed by atoms with Crippen molar-refractivity contribution >= 4 is 23.2 Å². The minimum atomic E-state index is -0.389. The number of benzene rings is 2. The average molecular weight is 367 g/mol. The molecule has 2 aromatic rings. The van der Waals surface area contributed by atoms with Gasteiger partial charge in [-0.2, -0.15) is 0 Å². The fourth-order valence-corrected chi connectivity index (χ4v) is 2.72. The van der Waals surface area contributed by atoms with E-state index in [1.54, 1.807) is 19.0 Å². The summed E-state index contributed by atoms with van der Waals surface area (Å²) >= 11 is 0. The fourth-order valence-electron chi connectivity index (χ4n) is 2.72. The number of para-hydroxylation sites is 1. The van der Waals surface area contributed by atoms with Crippen molar-refractivity contribution in [3.63, 3.8) is 0 Å². The minimum Gasteiger partial charge on any atom is -0.374 e. The van der Waals surface area contributed by atoms with Crippen LogP contribution in [0.25, 0.3) is 0 Å². The molecule has 2 aromatic carbocycles. The number of nitrogens with zero attached hydrogens (tertiary/aromatic N) is 1. The molecule has 2 N–H and O–H groups in total. The van der Waals surface area contributed by atoms with Gasteiger partial charge in [-0.05, 0) is 42.2 Å². The summed E-state index contributed by atoms with van der Waals surface area (Å²) in [7, 11) is 3.49. The molecule has 0 aromatic heterocycles. The first-order chi connectivity index (χ1) is 12.8. The molecule has 0 aliphatic carbocycles. The number of likely N-dealkylation sites (N-methyl/N-ethyl adjacent to an activating group) is 1. The molecule has 0 spiro atoms. The molecule has 1 atom stereocenters. The van der Waals surface area contributed by atoms with E-state index >= 15 is 0 Å². The molecule has 2 amide bonds. The third-order valence-electron chi connectivity index (χ3n) is 4.43. The van der Waals surface area contributed by atoms with Crippen molar-refractivity contribution in [1.82, 2.24) is 4.90 Å². The summed E-state index contributed by atoms with van der Waals surface area (Å²) in [5, 5.41) is 6.22. The molecular formula is C22H29N3O2. The van der Waals surface area contributed by atoms with Crippen LogP contribution >= 0.6 is 0 Å². The lowest BCUT2D eigenvalue weighted by Crippen LogP contribution is -2.32. The maximum Gasteiger partial charge on any atom is 0.246 e. The smallest absolute Gasteiger partial charge is 0.246 e. The molecule has 0 heterocycles. The summed E-state index contributed by atoms with van der Waals surface area (Å²) in [5.41, 5.74) is 3.76. The van der Waals surface area contributed by atoms with Gasteiger partial charge >= 0.3 is 0 Å². The van der Waals surface area contributed by atoms with Crippen molar-refractivity contribution in [3.8, 4) is 0 Å². The van der Waals surface area contributed by atoms with Crippen LogP contribution in [-0.4, -0.2) is 36.9 Å². The van der Waals surface area contributed by atoms with E-state index in [-0.39, 0.29) is 17.9 Å². The highest BCUT2D eigenvalue weighted by Gasteiger charge is 2.15. The van der Waals surface area contributed by atoms with Gasteiger partial charge in [0.05, 0.1) is 6.42 Å². The quantitative estimate of drug-likeness (QED) is 0.781. The zero-order valence-corrected chi connectivity index (χ0v) is 16.7. The van der Waals surface area contributed by atoms with Crippen LogP contribution in [0.5, 0.6) is 0 Å². The third-order valence-corrected chi connectivity index (χ3v) is 4.43. The molecule has 0 aliphatic rings. The lowest BCUT2D eigenvalue weighted by molar-refractivity contribution is -0.128. The Labute approximate surface area is 161 Å². The van der Waals surface area contributed by atoms with Gasteiger partial charge in [0.1, 0.15) is 6.04 Å². The van der Waals surface area contributed by atoms with Crippen molar-refractivity contribution in [2.75, 3.05) is 24.7 Å². The average Bonchev–Trinajstić information content (AvgIpc) is 2.63. The lowest BCUT2D eigenvalue weighted by Gasteiger charge is -2.18. The Morgan fingerprint density at radius 2 is 1.59 bits per heavy atom. The van der Waals surface area contributed by atoms with Gasteiger partial charge in [-0.15, -0.1) is 0 Å². The Hall–Kier alpha value is -2.82. The van der Waals surface area contributed by atoms with Gasteiger partial charge in [0, 0.05) is 25.5 Å². The number of hydrogen-bond acceptors (Lipinski definition) is 3. The molecule has 144 valence electrons. The van der Waals surface area contributed by atoms with Gasteiger partial charge in [0.2, 0.25) is 11.8 Å². The van der Waals surface area contributed by atoms with E-state index < -0.39 is 0 Å². The number of rotatable bonds is 7. The van der Waals surface area contributed by atoms with E-state index in [9.17, 15) is 9.59 Å². The first-order valence-corrected chi connectivity index (χ1v) is 9.23. The number of carbonyl (C=O) groups is 2. The standard InChI is InChI=1S/C22H29N3O2/c1-15(2)19-8-6-7-9-20(19)24-22(27)16(3)23-18-12-10-17(11-13-18)14-21(26)25(4)5/h6-13,15-16,23H,14H2,1-5H3,(H,24,27)/t16-/m0/s1. The fraction of sp³-hybridized carbons (Fsp3) is 0.364. The number of amides is 2. The maximum absolute atomic E-state index is 12.6. The van der Waals surface area contributed by atoms with Gasteiger partial charge in [-0.3, -0.25) is 9.59 Å². The van der Waals surface area contributed by atoms with Gasteiger partial charge in [-0.25, -0.2) is 0 Å². The number of hydrogen-bond donors (Lipinski definition) is 2. The molecule has 0 aliphatic heterocycles. The van der Waals surface area contributed by atoms with Gasteiger partial charge in [0.25, 0.3) is 0 Å². The molecule has 0 saturated carbocycles. The Bertz CT molecular complexity index is 782. The van der Waals surface area contributed by atoms with E-state index in [1.165, 1.54) is 0 Å². The van der Waals surface area contributed by atoms with Gasteiger partial charge in [0.15, 0.2) is 0 Å². The molecule has 0 unspecified atom stereocenters. The second-order valence-electron chi connectivity index (χ2n) is 7.26. The van der Waals surface area contributed by atoms with Crippen molar-refractivity contribution in [2.24, 2.45) is 0 Å². The van der Waals surface area contributed by atoms with E-state index in [2.05, 4.69) is 24.5 Å². The predicted molar refractivity (Wildman–Crippen MR) is 111 cm³/mol. The van der Waals surface area contributed by atoms with Crippen molar-refractivity contribution in [3.05, 3.63) is 59.7 Å². The summed E-state index contributed by atoms with van der Waals surface area (Å²) in [4.78, 5) is 25.9. The molecule has 0 saturated heterocycles. The predicted octanol–water partition coefficient (Wildman–Crippen LogP) is 3.88. The summed E-state index contributed by atoms with van der Waals surface area (Å²) in [6, 6.07) is 15.1. The highest BCUT2D eigenvalue weighted by molar-refractivity contribution is 5.97. The Balaban J connectivity index is 1.97. The van der Waals surface area contributed by atoms with Crippen LogP contribution in [0.4, 0.5) is 11.4 Å². The van der Waals surface area contributed by atoms with Crippen LogP contribution in [-0.2, 0) is 16.0 Å². The van der Waals surface area contributed by atoms with Crippen LogP contribution in [0, 0.1) is 0 Å². The van der Waals surface area contributed by atoms with E-state index in [4.69, 9.17) is 0 Å². The normalized spacial score (nSPS) is 11.8. The summed E-state index contributed by atoms with van der Waals surface area (Å²) in [5.74, 6) is 0.310. The third kappa shape index (κ3) is 5.84. The van der Waals surface area contributed by atoms with Gasteiger partial charge < -0.3 is 15.5 Å². The highest BCUT2D eigenvalue weighted by atomic mass is 16.2. The molecule has 27 heavy (non-hydrogen) atoms. The molecule has 0 fully saturated rings. The topological polar surface area (TPSA) is 61.4 Å². The van der Waals surface area contributed by atoms with E-state index in [0.717, 1.165) is 22.5 Å². The SMILES string of the molecule is CC(C)c1ccccc1NC(=O)[C@H](C)Nc1ccc(CC(=O)N(C)C)cc1. The van der Waals surface area contributed by atoms with Crippen LogP contribution in [0.2, 0.25) is 0 Å². The van der Waals surface area contributed by atoms with Gasteiger partial charge in [-0.1, -0.05) is 44.2 Å². The van der Waals surface area contributed by atoms with Crippen molar-refractivity contribution in [2.45, 2.75) is 39.2 Å². The van der Waals surface area contributed by atoms with E-state index in [0.29, 0.717) is 12.3 Å².